The molecule has 0 aromatic carbocycles. The first-order valence-corrected chi connectivity index (χ1v) is 12.5. The molecule has 0 saturated carbocycles. The third-order valence-corrected chi connectivity index (χ3v) is 6.07. The van der Waals surface area contributed by atoms with Gasteiger partial charge in [-0.15, -0.1) is 0 Å². The predicted octanol–water partition coefficient (Wildman–Crippen LogP) is 3.41. The second-order valence-electron chi connectivity index (χ2n) is 8.85. The number of rotatable bonds is 16. The van der Waals surface area contributed by atoms with Crippen molar-refractivity contribution >= 4 is 11.9 Å². The van der Waals surface area contributed by atoms with E-state index in [1.807, 2.05) is 0 Å². The highest BCUT2D eigenvalue weighted by atomic mass is 16.4. The largest absolute Gasteiger partial charge is 0.479 e. The number of carbonyl (C=O) groups is 2. The van der Waals surface area contributed by atoms with Gasteiger partial charge in [-0.2, -0.15) is 0 Å². The van der Waals surface area contributed by atoms with Gasteiger partial charge in [-0.25, -0.2) is 9.59 Å². The molecule has 1 heterocycles. The third kappa shape index (κ3) is 14.0. The fourth-order valence-corrected chi connectivity index (χ4v) is 4.08. The smallest absolute Gasteiger partial charge is 0.335 e. The van der Waals surface area contributed by atoms with Gasteiger partial charge in [0.05, 0.1) is 6.10 Å². The van der Waals surface area contributed by atoms with Crippen molar-refractivity contribution in [1.29, 1.82) is 0 Å². The minimum atomic E-state index is -2.27. The summed E-state index contributed by atoms with van der Waals surface area (Å²) in [5.74, 6) is -3.54. The van der Waals surface area contributed by atoms with Crippen molar-refractivity contribution in [2.24, 2.45) is 0 Å². The van der Waals surface area contributed by atoms with Gasteiger partial charge < -0.3 is 25.5 Å². The number of hydrogen-bond acceptors (Lipinski definition) is 6. The van der Waals surface area contributed by atoms with Crippen LogP contribution >= 0.6 is 0 Å². The molecule has 1 aliphatic rings. The second kappa shape index (κ2) is 19.3. The van der Waals surface area contributed by atoms with Crippen LogP contribution in [0.15, 0.2) is 0 Å². The summed E-state index contributed by atoms with van der Waals surface area (Å²) >= 11 is 0. The minimum absolute atomic E-state index is 0.0694. The number of aliphatic hydroxyl groups excluding tert-OH is 3. The maximum Gasteiger partial charge on any atom is 0.335 e. The van der Waals surface area contributed by atoms with Gasteiger partial charge in [0.1, 0.15) is 0 Å². The quantitative estimate of drug-likeness (QED) is 0.220. The Kier molecular flexibility index (Phi) is 18.5. The van der Waals surface area contributed by atoms with E-state index in [9.17, 15) is 14.7 Å². The van der Waals surface area contributed by atoms with Gasteiger partial charge in [-0.3, -0.25) is 4.90 Å². The summed E-state index contributed by atoms with van der Waals surface area (Å²) in [7, 11) is 0. The number of aliphatic carboxylic acids is 2. The lowest BCUT2D eigenvalue weighted by Gasteiger charge is -2.39. The second-order valence-corrected chi connectivity index (χ2v) is 8.85. The van der Waals surface area contributed by atoms with Crippen LogP contribution in [0.2, 0.25) is 0 Å². The molecule has 0 spiro atoms. The Bertz CT molecular complexity index is 471. The Morgan fingerprint density at radius 3 is 1.78 bits per heavy atom. The number of carboxylic acids is 2. The Labute approximate surface area is 193 Å². The normalized spacial score (nSPS) is 20.8. The van der Waals surface area contributed by atoms with Crippen LogP contribution in [-0.4, -0.2) is 79.8 Å². The molecule has 5 N–H and O–H groups in total. The van der Waals surface area contributed by atoms with Gasteiger partial charge in [0, 0.05) is 6.04 Å². The van der Waals surface area contributed by atoms with E-state index in [1.165, 1.54) is 96.6 Å². The fraction of sp³-hybridized carbons (Fsp3) is 0.917. The zero-order chi connectivity index (χ0) is 24.4. The summed E-state index contributed by atoms with van der Waals surface area (Å²) in [4.78, 5) is 22.1. The van der Waals surface area contributed by atoms with Crippen molar-refractivity contribution in [3.8, 4) is 0 Å². The van der Waals surface area contributed by atoms with Crippen LogP contribution in [0.25, 0.3) is 0 Å². The molecule has 0 bridgehead atoms. The molecule has 190 valence electrons. The number of likely N-dealkylation sites (tertiary alicyclic amines) is 1. The van der Waals surface area contributed by atoms with Crippen LogP contribution in [0.1, 0.15) is 104 Å². The molecule has 0 aliphatic carbocycles. The number of nitrogens with zero attached hydrogens (tertiary/aromatic N) is 1. The maximum absolute atomic E-state index is 10.4. The van der Waals surface area contributed by atoms with E-state index >= 15 is 0 Å². The lowest BCUT2D eigenvalue weighted by Crippen LogP contribution is -2.48. The van der Waals surface area contributed by atoms with Gasteiger partial charge in [0.2, 0.25) is 0 Å². The van der Waals surface area contributed by atoms with Gasteiger partial charge in [-0.05, 0) is 38.8 Å². The molecule has 0 radical (unpaired) electrons. The average molecular weight is 462 g/mol. The monoisotopic (exact) mass is 461 g/mol. The molecule has 0 aromatic heterocycles. The van der Waals surface area contributed by atoms with Gasteiger partial charge in [0.15, 0.2) is 12.2 Å². The Morgan fingerprint density at radius 1 is 0.812 bits per heavy atom. The van der Waals surface area contributed by atoms with Crippen molar-refractivity contribution in [1.82, 2.24) is 4.90 Å². The number of carboxylic acid groups (broad SMARTS) is 2. The van der Waals surface area contributed by atoms with E-state index in [1.54, 1.807) is 0 Å². The maximum atomic E-state index is 10.4. The average Bonchev–Trinajstić information content (AvgIpc) is 2.76. The van der Waals surface area contributed by atoms with E-state index in [2.05, 4.69) is 18.7 Å². The Morgan fingerprint density at radius 2 is 1.28 bits per heavy atom. The lowest BCUT2D eigenvalue weighted by molar-refractivity contribution is -0.165. The van der Waals surface area contributed by atoms with Gasteiger partial charge in [-0.1, -0.05) is 78.1 Å². The van der Waals surface area contributed by atoms with Gasteiger partial charge in [0.25, 0.3) is 0 Å². The molecule has 1 aliphatic heterocycles. The molecule has 8 nitrogen and oxygen atoms in total. The summed E-state index contributed by atoms with van der Waals surface area (Å²) in [6.07, 6.45) is 13.7. The zero-order valence-electron chi connectivity index (χ0n) is 20.1. The van der Waals surface area contributed by atoms with Crippen LogP contribution in [-0.2, 0) is 9.59 Å². The molecule has 32 heavy (non-hydrogen) atoms. The topological polar surface area (TPSA) is 139 Å². The number of piperidine rings is 1. The number of unbranched alkanes of at least 4 members (excludes halogenated alkanes) is 9. The van der Waals surface area contributed by atoms with Crippen LogP contribution < -0.4 is 0 Å². The lowest BCUT2D eigenvalue weighted by atomic mass is 9.93. The van der Waals surface area contributed by atoms with Crippen LogP contribution in [0.4, 0.5) is 0 Å². The fourth-order valence-electron chi connectivity index (χ4n) is 4.08. The van der Waals surface area contributed by atoms with E-state index in [0.29, 0.717) is 6.04 Å². The Balaban J connectivity index is 0.000000809. The first kappa shape index (κ1) is 30.8. The van der Waals surface area contributed by atoms with Crippen LogP contribution in [0.5, 0.6) is 0 Å². The zero-order valence-corrected chi connectivity index (χ0v) is 20.1. The van der Waals surface area contributed by atoms with Crippen molar-refractivity contribution in [2.45, 2.75) is 128 Å². The highest BCUT2D eigenvalue weighted by Gasteiger charge is 2.30. The van der Waals surface area contributed by atoms with Gasteiger partial charge >= 0.3 is 11.9 Å². The summed E-state index contributed by atoms with van der Waals surface area (Å²) in [5, 5.41) is 42.9. The molecule has 1 saturated heterocycles. The number of aliphatic hydroxyl groups is 3. The van der Waals surface area contributed by atoms with Crippen LogP contribution in [0, 0.1) is 0 Å². The highest BCUT2D eigenvalue weighted by Crippen LogP contribution is 2.23. The van der Waals surface area contributed by atoms with Crippen molar-refractivity contribution in [3.05, 3.63) is 0 Å². The SMILES string of the molecule is CCCCCCCCN1CCCC(O)C1CCCCCCC.O=C(O)C(O)C(O)C(=O)O. The molecule has 0 amide bonds. The first-order chi connectivity index (χ1) is 15.3. The van der Waals surface area contributed by atoms with E-state index in [4.69, 9.17) is 20.4 Å². The summed E-state index contributed by atoms with van der Waals surface area (Å²) in [5.41, 5.74) is 0. The van der Waals surface area contributed by atoms with E-state index < -0.39 is 24.1 Å². The minimum Gasteiger partial charge on any atom is -0.479 e. The molecule has 0 aromatic rings. The molecular weight excluding hydrogens is 414 g/mol. The molecule has 4 unspecified atom stereocenters. The molecule has 1 fully saturated rings. The number of hydrogen-bond donors (Lipinski definition) is 5. The van der Waals surface area contributed by atoms with Crippen LogP contribution in [0.3, 0.4) is 0 Å². The van der Waals surface area contributed by atoms with Crippen molar-refractivity contribution in [2.75, 3.05) is 13.1 Å². The third-order valence-electron chi connectivity index (χ3n) is 6.07. The standard InChI is InChI=1S/C20H41NO.C4H6O6/c1-3-5-7-9-11-13-17-21-18-14-16-20(22)19(21)15-12-10-8-6-4-2;5-1(3(7)8)2(6)4(9)10/h19-20,22H,3-18H2,1-2H3;1-2,5-6H,(H,7,8)(H,9,10). The first-order valence-electron chi connectivity index (χ1n) is 12.5. The molecule has 4 atom stereocenters. The molecule has 1 rings (SSSR count). The van der Waals surface area contributed by atoms with Crippen molar-refractivity contribution in [3.63, 3.8) is 0 Å². The van der Waals surface area contributed by atoms with E-state index in [0.717, 1.165) is 6.42 Å². The van der Waals surface area contributed by atoms with Crippen molar-refractivity contribution < 1.29 is 35.1 Å². The molecule has 8 heteroatoms. The summed E-state index contributed by atoms with van der Waals surface area (Å²) in [6.45, 7) is 6.97. The Hall–Kier alpha value is -1.22. The highest BCUT2D eigenvalue weighted by molar-refractivity contribution is 5.83. The molecular formula is C24H47NO7. The predicted molar refractivity (Wildman–Crippen MR) is 125 cm³/mol. The summed E-state index contributed by atoms with van der Waals surface area (Å²) < 4.78 is 0. The van der Waals surface area contributed by atoms with E-state index in [-0.39, 0.29) is 6.10 Å². The summed E-state index contributed by atoms with van der Waals surface area (Å²) in [6, 6.07) is 0.450.